The first-order valence-electron chi connectivity index (χ1n) is 4.49. The highest BCUT2D eigenvalue weighted by Crippen LogP contribution is 2.38. The van der Waals surface area contributed by atoms with E-state index in [0.29, 0.717) is 10.9 Å². The Morgan fingerprint density at radius 2 is 2.00 bits per heavy atom. The van der Waals surface area contributed by atoms with Gasteiger partial charge in [0.15, 0.2) is 5.78 Å². The van der Waals surface area contributed by atoms with E-state index in [1.54, 1.807) is 0 Å². The van der Waals surface area contributed by atoms with E-state index < -0.39 is 11.7 Å². The van der Waals surface area contributed by atoms with Crippen molar-refractivity contribution in [2.45, 2.75) is 13.1 Å². The van der Waals surface area contributed by atoms with Crippen LogP contribution < -0.4 is 0 Å². The SMILES string of the molecule is CC(=O)c1csc2c(C(F)(F)F)cccc12. The van der Waals surface area contributed by atoms with Gasteiger partial charge in [-0.2, -0.15) is 13.2 Å². The van der Waals surface area contributed by atoms with Gasteiger partial charge in [-0.05, 0) is 13.0 Å². The number of carbonyl (C=O) groups is 1. The zero-order valence-electron chi connectivity index (χ0n) is 8.26. The first-order chi connectivity index (χ1) is 7.41. The van der Waals surface area contributed by atoms with Crippen LogP contribution in [0.15, 0.2) is 23.6 Å². The van der Waals surface area contributed by atoms with E-state index in [1.807, 2.05) is 0 Å². The Kier molecular flexibility index (Phi) is 2.50. The molecule has 0 amide bonds. The third-order valence-corrected chi connectivity index (χ3v) is 3.31. The second kappa shape index (κ2) is 3.59. The summed E-state index contributed by atoms with van der Waals surface area (Å²) in [4.78, 5) is 11.2. The summed E-state index contributed by atoms with van der Waals surface area (Å²) >= 11 is 0.955. The van der Waals surface area contributed by atoms with Crippen LogP contribution in [0.1, 0.15) is 22.8 Å². The molecule has 0 fully saturated rings. The largest absolute Gasteiger partial charge is 0.417 e. The molecule has 1 heterocycles. The minimum atomic E-state index is -4.38. The van der Waals surface area contributed by atoms with Gasteiger partial charge < -0.3 is 0 Å². The van der Waals surface area contributed by atoms with Gasteiger partial charge in [0.05, 0.1) is 5.56 Å². The second-order valence-corrected chi connectivity index (χ2v) is 4.27. The van der Waals surface area contributed by atoms with Crippen LogP contribution in [0.4, 0.5) is 13.2 Å². The van der Waals surface area contributed by atoms with Crippen LogP contribution in [-0.2, 0) is 6.18 Å². The zero-order chi connectivity index (χ0) is 11.9. The highest BCUT2D eigenvalue weighted by atomic mass is 32.1. The van der Waals surface area contributed by atoms with Gasteiger partial charge in [0, 0.05) is 21.0 Å². The molecular formula is C11H7F3OS. The van der Waals surface area contributed by atoms with Gasteiger partial charge in [-0.25, -0.2) is 0 Å². The van der Waals surface area contributed by atoms with E-state index in [-0.39, 0.29) is 10.5 Å². The van der Waals surface area contributed by atoms with Crippen molar-refractivity contribution in [1.29, 1.82) is 0 Å². The topological polar surface area (TPSA) is 17.1 Å². The lowest BCUT2D eigenvalue weighted by Crippen LogP contribution is -2.04. The normalized spacial score (nSPS) is 12.0. The summed E-state index contributed by atoms with van der Waals surface area (Å²) in [7, 11) is 0. The summed E-state index contributed by atoms with van der Waals surface area (Å²) < 4.78 is 38.1. The van der Waals surface area contributed by atoms with Gasteiger partial charge in [0.1, 0.15) is 0 Å². The van der Waals surface area contributed by atoms with Gasteiger partial charge >= 0.3 is 6.18 Å². The predicted molar refractivity (Wildman–Crippen MR) is 56.8 cm³/mol. The van der Waals surface area contributed by atoms with Crippen LogP contribution in [-0.4, -0.2) is 5.78 Å². The third kappa shape index (κ3) is 1.71. The molecule has 0 unspecified atom stereocenters. The molecule has 0 bridgehead atoms. The lowest BCUT2D eigenvalue weighted by atomic mass is 10.1. The summed E-state index contributed by atoms with van der Waals surface area (Å²) in [5, 5.41) is 1.86. The molecule has 2 rings (SSSR count). The van der Waals surface area contributed by atoms with Crippen molar-refractivity contribution in [3.8, 4) is 0 Å². The summed E-state index contributed by atoms with van der Waals surface area (Å²) in [6.45, 7) is 1.35. The summed E-state index contributed by atoms with van der Waals surface area (Å²) in [6.07, 6.45) is -4.38. The predicted octanol–water partition coefficient (Wildman–Crippen LogP) is 4.12. The van der Waals surface area contributed by atoms with Gasteiger partial charge in [-0.1, -0.05) is 12.1 Å². The summed E-state index contributed by atoms with van der Waals surface area (Å²) in [6, 6.07) is 3.89. The Bertz CT molecular complexity index is 554. The van der Waals surface area contributed by atoms with Gasteiger partial charge in [0.2, 0.25) is 0 Å². The van der Waals surface area contributed by atoms with Crippen LogP contribution in [0.2, 0.25) is 0 Å². The van der Waals surface area contributed by atoms with E-state index in [1.165, 1.54) is 24.4 Å². The number of ketones is 1. The minimum Gasteiger partial charge on any atom is -0.294 e. The van der Waals surface area contributed by atoms with Crippen LogP contribution in [0, 0.1) is 0 Å². The quantitative estimate of drug-likeness (QED) is 0.689. The van der Waals surface area contributed by atoms with Gasteiger partial charge in [-0.15, -0.1) is 11.3 Å². The van der Waals surface area contributed by atoms with Crippen molar-refractivity contribution in [3.63, 3.8) is 0 Å². The number of rotatable bonds is 1. The first-order valence-corrected chi connectivity index (χ1v) is 5.37. The highest BCUT2D eigenvalue weighted by Gasteiger charge is 2.33. The van der Waals surface area contributed by atoms with Crippen molar-refractivity contribution >= 4 is 27.2 Å². The van der Waals surface area contributed by atoms with Crippen molar-refractivity contribution in [2.24, 2.45) is 0 Å². The van der Waals surface area contributed by atoms with Crippen LogP contribution in [0.25, 0.3) is 10.1 Å². The average molecular weight is 244 g/mol. The van der Waals surface area contributed by atoms with Crippen molar-refractivity contribution in [1.82, 2.24) is 0 Å². The fourth-order valence-corrected chi connectivity index (χ4v) is 2.70. The Morgan fingerprint density at radius 1 is 1.31 bits per heavy atom. The fraction of sp³-hybridized carbons (Fsp3) is 0.182. The van der Waals surface area contributed by atoms with E-state index in [0.717, 1.165) is 17.4 Å². The zero-order valence-corrected chi connectivity index (χ0v) is 9.08. The third-order valence-electron chi connectivity index (χ3n) is 2.28. The molecular weight excluding hydrogens is 237 g/mol. The number of fused-ring (bicyclic) bond motifs is 1. The van der Waals surface area contributed by atoms with E-state index in [2.05, 4.69) is 0 Å². The maximum Gasteiger partial charge on any atom is 0.417 e. The first kappa shape index (κ1) is 11.1. The molecule has 2 aromatic rings. The molecule has 1 aromatic carbocycles. The van der Waals surface area contributed by atoms with Crippen LogP contribution in [0.5, 0.6) is 0 Å². The molecule has 0 radical (unpaired) electrons. The Morgan fingerprint density at radius 3 is 2.56 bits per heavy atom. The number of benzene rings is 1. The molecule has 0 N–H and O–H groups in total. The molecule has 0 aliphatic rings. The molecule has 0 aliphatic carbocycles. The maximum absolute atomic E-state index is 12.6. The standard InChI is InChI=1S/C11H7F3OS/c1-6(15)8-5-16-10-7(8)3-2-4-9(10)11(12,13)14/h2-5H,1H3. The van der Waals surface area contributed by atoms with E-state index >= 15 is 0 Å². The molecule has 5 heteroatoms. The average Bonchev–Trinajstić information content (AvgIpc) is 2.58. The number of halogens is 3. The van der Waals surface area contributed by atoms with Crippen LogP contribution in [0.3, 0.4) is 0 Å². The Hall–Kier alpha value is -1.36. The van der Waals surface area contributed by atoms with Gasteiger partial charge in [-0.3, -0.25) is 4.79 Å². The monoisotopic (exact) mass is 244 g/mol. The molecule has 1 nitrogen and oxygen atoms in total. The minimum absolute atomic E-state index is 0.125. The van der Waals surface area contributed by atoms with Gasteiger partial charge in [0.25, 0.3) is 0 Å². The number of hydrogen-bond donors (Lipinski definition) is 0. The smallest absolute Gasteiger partial charge is 0.294 e. The molecule has 0 spiro atoms. The van der Waals surface area contributed by atoms with Crippen molar-refractivity contribution in [2.75, 3.05) is 0 Å². The summed E-state index contributed by atoms with van der Waals surface area (Å²) in [5.74, 6) is -0.217. The highest BCUT2D eigenvalue weighted by molar-refractivity contribution is 7.17. The van der Waals surface area contributed by atoms with E-state index in [4.69, 9.17) is 0 Å². The molecule has 84 valence electrons. The number of hydrogen-bond acceptors (Lipinski definition) is 2. The van der Waals surface area contributed by atoms with Crippen LogP contribution >= 0.6 is 11.3 Å². The maximum atomic E-state index is 12.6. The number of Topliss-reactive ketones (excluding diaryl/α,β-unsaturated/α-hetero) is 1. The lowest BCUT2D eigenvalue weighted by molar-refractivity contribution is -0.136. The Labute approximate surface area is 93.5 Å². The van der Waals surface area contributed by atoms with Crippen molar-refractivity contribution in [3.05, 3.63) is 34.7 Å². The second-order valence-electron chi connectivity index (χ2n) is 3.39. The molecule has 0 aliphatic heterocycles. The summed E-state index contributed by atoms with van der Waals surface area (Å²) in [5.41, 5.74) is -0.325. The Balaban J connectivity index is 2.77. The van der Waals surface area contributed by atoms with E-state index in [9.17, 15) is 18.0 Å². The fourth-order valence-electron chi connectivity index (χ4n) is 1.55. The molecule has 1 aromatic heterocycles. The molecule has 0 saturated heterocycles. The molecule has 16 heavy (non-hydrogen) atoms. The lowest BCUT2D eigenvalue weighted by Gasteiger charge is -2.07. The van der Waals surface area contributed by atoms with Crippen molar-refractivity contribution < 1.29 is 18.0 Å². The molecule has 0 saturated carbocycles. The molecule has 0 atom stereocenters. The number of carbonyl (C=O) groups excluding carboxylic acids is 1. The number of thiophene rings is 1. The number of alkyl halides is 3.